The van der Waals surface area contributed by atoms with E-state index in [9.17, 15) is 0 Å². The van der Waals surface area contributed by atoms with E-state index in [1.165, 1.54) is 37.1 Å². The minimum atomic E-state index is 0.768. The molecule has 0 atom stereocenters. The van der Waals surface area contributed by atoms with Gasteiger partial charge < -0.3 is 9.14 Å². The fourth-order valence-electron chi connectivity index (χ4n) is 3.09. The van der Waals surface area contributed by atoms with Gasteiger partial charge in [0, 0.05) is 24.6 Å². The maximum absolute atomic E-state index is 5.71. The lowest BCUT2D eigenvalue weighted by Crippen LogP contribution is -2.20. The number of hydrogen-bond acceptors (Lipinski definition) is 3. The second kappa shape index (κ2) is 8.16. The Morgan fingerprint density at radius 1 is 1.26 bits per heavy atom. The van der Waals surface area contributed by atoms with Crippen LogP contribution in [0.5, 0.6) is 0 Å². The molecule has 0 aliphatic carbocycles. The zero-order valence-electron chi connectivity index (χ0n) is 14.1. The van der Waals surface area contributed by atoms with Crippen molar-refractivity contribution in [2.75, 3.05) is 19.8 Å². The van der Waals surface area contributed by atoms with Gasteiger partial charge in [0.05, 0.1) is 6.54 Å². The lowest BCUT2D eigenvalue weighted by atomic mass is 10.1. The molecule has 4 heteroatoms. The Kier molecular flexibility index (Phi) is 5.70. The number of unbranched alkanes of at least 4 members (excludes halogenated alkanes) is 3. The van der Waals surface area contributed by atoms with Crippen LogP contribution in [0.4, 0.5) is 0 Å². The Balaban J connectivity index is 1.36. The number of ether oxygens (including phenoxy) is 1. The molecule has 0 unspecified atom stereocenters. The first kappa shape index (κ1) is 16.1. The van der Waals surface area contributed by atoms with E-state index in [0.717, 1.165) is 38.3 Å². The van der Waals surface area contributed by atoms with Crippen LogP contribution in [0.3, 0.4) is 0 Å². The average Bonchev–Trinajstić information content (AvgIpc) is 3.22. The van der Waals surface area contributed by atoms with E-state index in [1.54, 1.807) is 0 Å². The van der Waals surface area contributed by atoms with Crippen LogP contribution in [0, 0.1) is 0 Å². The highest BCUT2D eigenvalue weighted by Gasteiger charge is 2.16. The van der Waals surface area contributed by atoms with Gasteiger partial charge in [-0.3, -0.25) is 4.90 Å². The van der Waals surface area contributed by atoms with Crippen molar-refractivity contribution in [2.24, 2.45) is 0 Å². The Bertz CT molecular complexity index is 647. The second-order valence-electron chi connectivity index (χ2n) is 6.27. The Labute approximate surface area is 138 Å². The van der Waals surface area contributed by atoms with Crippen molar-refractivity contribution in [3.8, 4) is 0 Å². The number of pyridine rings is 1. The number of rotatable bonds is 8. The normalized spacial score (nSPS) is 17.2. The summed E-state index contributed by atoms with van der Waals surface area (Å²) in [5.74, 6) is 1.17. The van der Waals surface area contributed by atoms with Crippen molar-refractivity contribution in [3.63, 3.8) is 0 Å². The van der Waals surface area contributed by atoms with E-state index in [1.807, 2.05) is 6.20 Å². The molecule has 1 fully saturated rings. The molecule has 0 spiro atoms. The third kappa shape index (κ3) is 4.35. The van der Waals surface area contributed by atoms with Crippen LogP contribution in [0.1, 0.15) is 44.7 Å². The van der Waals surface area contributed by atoms with Crippen molar-refractivity contribution in [1.29, 1.82) is 0 Å². The molecule has 0 N–H and O–H groups in total. The molecular weight excluding hydrogens is 286 g/mol. The fraction of sp³-hybridized carbons (Fsp3) is 0.526. The summed E-state index contributed by atoms with van der Waals surface area (Å²) in [5.41, 5.74) is 2.40. The maximum Gasteiger partial charge on any atom is 0.142 e. The Morgan fingerprint density at radius 2 is 2.22 bits per heavy atom. The topological polar surface area (TPSA) is 29.8 Å². The SMILES string of the molecule is CCCC=C1CN(CCCCCc2cccc3nccn23)CO1. The molecule has 0 radical (unpaired) electrons. The third-order valence-electron chi connectivity index (χ3n) is 4.39. The Hall–Kier alpha value is -1.81. The number of nitrogens with zero attached hydrogens (tertiary/aromatic N) is 3. The van der Waals surface area contributed by atoms with Gasteiger partial charge in [-0.1, -0.05) is 25.8 Å². The molecule has 0 amide bonds. The molecule has 1 aliphatic rings. The number of hydrogen-bond donors (Lipinski definition) is 0. The van der Waals surface area contributed by atoms with Gasteiger partial charge in [0.25, 0.3) is 0 Å². The van der Waals surface area contributed by atoms with Gasteiger partial charge in [-0.25, -0.2) is 4.98 Å². The predicted molar refractivity (Wildman–Crippen MR) is 93.3 cm³/mol. The largest absolute Gasteiger partial charge is 0.481 e. The lowest BCUT2D eigenvalue weighted by Gasteiger charge is -2.11. The highest BCUT2D eigenvalue weighted by atomic mass is 16.5. The summed E-state index contributed by atoms with van der Waals surface area (Å²) in [7, 11) is 0. The molecule has 3 rings (SSSR count). The van der Waals surface area contributed by atoms with Crippen LogP contribution in [0.15, 0.2) is 42.4 Å². The van der Waals surface area contributed by atoms with E-state index in [4.69, 9.17) is 4.74 Å². The summed E-state index contributed by atoms with van der Waals surface area (Å²) < 4.78 is 7.90. The van der Waals surface area contributed by atoms with Crippen molar-refractivity contribution < 1.29 is 4.74 Å². The van der Waals surface area contributed by atoms with E-state index >= 15 is 0 Å². The first-order valence-electron chi connectivity index (χ1n) is 8.82. The summed E-state index contributed by atoms with van der Waals surface area (Å²) in [6.45, 7) is 5.10. The molecule has 2 aromatic rings. The molecule has 1 saturated heterocycles. The van der Waals surface area contributed by atoms with Crippen LogP contribution in [-0.4, -0.2) is 34.1 Å². The molecule has 0 bridgehead atoms. The minimum Gasteiger partial charge on any atom is -0.481 e. The molecular formula is C19H27N3O. The van der Waals surface area contributed by atoms with Crippen LogP contribution in [0.2, 0.25) is 0 Å². The zero-order valence-corrected chi connectivity index (χ0v) is 14.1. The van der Waals surface area contributed by atoms with Gasteiger partial charge in [0.15, 0.2) is 0 Å². The van der Waals surface area contributed by atoms with Crippen LogP contribution < -0.4 is 0 Å². The number of fused-ring (bicyclic) bond motifs is 1. The first-order valence-corrected chi connectivity index (χ1v) is 8.82. The Morgan fingerprint density at radius 3 is 3.13 bits per heavy atom. The standard InChI is InChI=1S/C19H27N3O/c1-2-3-10-18-15-21(16-23-18)13-6-4-5-8-17-9-7-11-19-20-12-14-22(17)19/h7,9-12,14H,2-6,8,13,15-16H2,1H3. The predicted octanol–water partition coefficient (Wildman–Crippen LogP) is 4.02. The van der Waals surface area contributed by atoms with Crippen molar-refractivity contribution in [1.82, 2.24) is 14.3 Å². The maximum atomic E-state index is 5.71. The monoisotopic (exact) mass is 313 g/mol. The molecule has 124 valence electrons. The lowest BCUT2D eigenvalue weighted by molar-refractivity contribution is 0.166. The number of imidazole rings is 1. The van der Waals surface area contributed by atoms with Crippen LogP contribution in [-0.2, 0) is 11.2 Å². The fourth-order valence-corrected chi connectivity index (χ4v) is 3.09. The quantitative estimate of drug-likeness (QED) is 0.689. The smallest absolute Gasteiger partial charge is 0.142 e. The van der Waals surface area contributed by atoms with E-state index < -0.39 is 0 Å². The number of aryl methyl sites for hydroxylation is 1. The highest BCUT2D eigenvalue weighted by molar-refractivity contribution is 5.39. The third-order valence-corrected chi connectivity index (χ3v) is 4.39. The average molecular weight is 313 g/mol. The summed E-state index contributed by atoms with van der Waals surface area (Å²) >= 11 is 0. The van der Waals surface area contributed by atoms with Gasteiger partial charge >= 0.3 is 0 Å². The molecule has 4 nitrogen and oxygen atoms in total. The molecule has 23 heavy (non-hydrogen) atoms. The van der Waals surface area contributed by atoms with E-state index in [0.29, 0.717) is 0 Å². The van der Waals surface area contributed by atoms with E-state index in [-0.39, 0.29) is 0 Å². The first-order chi connectivity index (χ1) is 11.4. The zero-order chi connectivity index (χ0) is 15.9. The van der Waals surface area contributed by atoms with Crippen molar-refractivity contribution in [3.05, 3.63) is 48.1 Å². The van der Waals surface area contributed by atoms with E-state index in [2.05, 4.69) is 51.7 Å². The minimum absolute atomic E-state index is 0.768. The molecule has 0 aromatic carbocycles. The van der Waals surface area contributed by atoms with Crippen molar-refractivity contribution >= 4 is 5.65 Å². The van der Waals surface area contributed by atoms with Crippen LogP contribution >= 0.6 is 0 Å². The number of aromatic nitrogens is 2. The summed E-state index contributed by atoms with van der Waals surface area (Å²) in [6, 6.07) is 6.36. The summed E-state index contributed by atoms with van der Waals surface area (Å²) in [6.07, 6.45) is 13.3. The van der Waals surface area contributed by atoms with Crippen molar-refractivity contribution in [2.45, 2.75) is 45.4 Å². The summed E-state index contributed by atoms with van der Waals surface area (Å²) in [4.78, 5) is 6.74. The van der Waals surface area contributed by atoms with Gasteiger partial charge in [0.1, 0.15) is 18.1 Å². The number of allylic oxidation sites excluding steroid dienone is 1. The van der Waals surface area contributed by atoms with Gasteiger partial charge in [0.2, 0.25) is 0 Å². The van der Waals surface area contributed by atoms with Crippen LogP contribution in [0.25, 0.3) is 5.65 Å². The molecule has 1 aliphatic heterocycles. The van der Waals surface area contributed by atoms with Gasteiger partial charge in [-0.15, -0.1) is 0 Å². The van der Waals surface area contributed by atoms with Gasteiger partial charge in [-0.2, -0.15) is 0 Å². The molecule has 2 aromatic heterocycles. The second-order valence-corrected chi connectivity index (χ2v) is 6.27. The molecule has 3 heterocycles. The van der Waals surface area contributed by atoms with Gasteiger partial charge in [-0.05, 0) is 43.9 Å². The highest BCUT2D eigenvalue weighted by Crippen LogP contribution is 2.15. The molecule has 0 saturated carbocycles. The summed E-state index contributed by atoms with van der Waals surface area (Å²) in [5, 5.41) is 0.